The van der Waals surface area contributed by atoms with E-state index in [0.29, 0.717) is 34.0 Å². The fraction of sp³-hybridized carbons (Fsp3) is 0.207. The van der Waals surface area contributed by atoms with Crippen LogP contribution in [0.15, 0.2) is 71.7 Å². The molecule has 0 unspecified atom stereocenters. The molecule has 8 heteroatoms. The van der Waals surface area contributed by atoms with Crippen molar-refractivity contribution in [3.8, 4) is 17.2 Å². The minimum atomic E-state index is -0.424. The van der Waals surface area contributed by atoms with Gasteiger partial charge in [0.05, 0.1) is 43.5 Å². The molecule has 4 aromatic rings. The van der Waals surface area contributed by atoms with Gasteiger partial charge in [0, 0.05) is 17.8 Å². The summed E-state index contributed by atoms with van der Waals surface area (Å²) in [4.78, 5) is 39.8. The summed E-state index contributed by atoms with van der Waals surface area (Å²) in [6, 6.07) is 17.2. The molecule has 0 saturated heterocycles. The number of hydrogen-bond acceptors (Lipinski definition) is 6. The molecule has 3 aromatic carbocycles. The fourth-order valence-corrected chi connectivity index (χ4v) is 4.09. The summed E-state index contributed by atoms with van der Waals surface area (Å²) in [5.74, 6) is 0.720. The largest absolute Gasteiger partial charge is 0.497 e. The molecule has 0 aliphatic rings. The Kier molecular flexibility index (Phi) is 7.57. The Balaban J connectivity index is 1.74. The quantitative estimate of drug-likeness (QED) is 0.341. The Morgan fingerprint density at radius 2 is 1.54 bits per heavy atom. The SMILES string of the molecule is CCc1ccc(C(=O)c2cn(CC(=O)Nc3ccc(OC)cc3OC)c3ccc(OC)cc3c2=O)cc1. The molecule has 0 saturated carbocycles. The van der Waals surface area contributed by atoms with Gasteiger partial charge < -0.3 is 24.1 Å². The number of fused-ring (bicyclic) bond motifs is 1. The van der Waals surface area contributed by atoms with E-state index in [9.17, 15) is 14.4 Å². The average molecular weight is 501 g/mol. The van der Waals surface area contributed by atoms with E-state index in [1.807, 2.05) is 19.1 Å². The van der Waals surface area contributed by atoms with Crippen molar-refractivity contribution in [1.29, 1.82) is 0 Å². The first-order chi connectivity index (χ1) is 17.9. The second-order valence-electron chi connectivity index (χ2n) is 8.38. The van der Waals surface area contributed by atoms with Crippen LogP contribution >= 0.6 is 0 Å². The van der Waals surface area contributed by atoms with Crippen LogP contribution in [0.5, 0.6) is 17.2 Å². The standard InChI is InChI=1S/C29H28N2O6/c1-5-18-6-8-19(9-7-18)28(33)23-16-31(25-13-11-20(35-2)14-22(25)29(23)34)17-27(32)30-24-12-10-21(36-3)15-26(24)37-4/h6-16H,5,17H2,1-4H3,(H,30,32). The Hall–Kier alpha value is -4.59. The number of aromatic nitrogens is 1. The van der Waals surface area contributed by atoms with Crippen LogP contribution in [0.4, 0.5) is 5.69 Å². The maximum absolute atomic E-state index is 13.4. The minimum Gasteiger partial charge on any atom is -0.497 e. The molecule has 1 aromatic heterocycles. The normalized spacial score (nSPS) is 10.7. The van der Waals surface area contributed by atoms with E-state index >= 15 is 0 Å². The van der Waals surface area contributed by atoms with Gasteiger partial charge in [0.2, 0.25) is 11.3 Å². The third kappa shape index (κ3) is 5.33. The number of ketones is 1. The Morgan fingerprint density at radius 1 is 0.865 bits per heavy atom. The molecule has 0 bridgehead atoms. The summed E-state index contributed by atoms with van der Waals surface area (Å²) in [6.45, 7) is 1.88. The molecule has 0 aliphatic heterocycles. The molecular formula is C29H28N2O6. The van der Waals surface area contributed by atoms with Gasteiger partial charge in [-0.3, -0.25) is 14.4 Å². The number of nitrogens with zero attached hydrogens (tertiary/aromatic N) is 1. The van der Waals surface area contributed by atoms with Crippen molar-refractivity contribution >= 4 is 28.3 Å². The first-order valence-electron chi connectivity index (χ1n) is 11.7. The van der Waals surface area contributed by atoms with E-state index in [2.05, 4.69) is 5.32 Å². The predicted octanol–water partition coefficient (Wildman–Crippen LogP) is 4.46. The highest BCUT2D eigenvalue weighted by Crippen LogP contribution is 2.29. The number of ether oxygens (including phenoxy) is 3. The summed E-state index contributed by atoms with van der Waals surface area (Å²) in [5.41, 5.74) is 2.00. The van der Waals surface area contributed by atoms with Gasteiger partial charge >= 0.3 is 0 Å². The zero-order valence-electron chi connectivity index (χ0n) is 21.2. The lowest BCUT2D eigenvalue weighted by Gasteiger charge is -2.15. The second-order valence-corrected chi connectivity index (χ2v) is 8.38. The number of amides is 1. The van der Waals surface area contributed by atoms with Gasteiger partial charge in [-0.15, -0.1) is 0 Å². The molecule has 0 spiro atoms. The van der Waals surface area contributed by atoms with Crippen LogP contribution in [-0.4, -0.2) is 37.6 Å². The third-order valence-corrected chi connectivity index (χ3v) is 6.15. The predicted molar refractivity (Wildman–Crippen MR) is 142 cm³/mol. The van der Waals surface area contributed by atoms with E-state index in [1.165, 1.54) is 20.4 Å². The van der Waals surface area contributed by atoms with Crippen molar-refractivity contribution in [2.75, 3.05) is 26.6 Å². The van der Waals surface area contributed by atoms with Gasteiger partial charge in [0.1, 0.15) is 23.8 Å². The molecule has 0 fully saturated rings. The number of methoxy groups -OCH3 is 3. The van der Waals surface area contributed by atoms with Crippen LogP contribution in [0.2, 0.25) is 0 Å². The molecule has 37 heavy (non-hydrogen) atoms. The lowest BCUT2D eigenvalue weighted by Crippen LogP contribution is -2.24. The molecule has 8 nitrogen and oxygen atoms in total. The van der Waals surface area contributed by atoms with E-state index in [-0.39, 0.29) is 23.4 Å². The molecule has 0 radical (unpaired) electrons. The minimum absolute atomic E-state index is 0.0279. The highest BCUT2D eigenvalue weighted by molar-refractivity contribution is 6.10. The lowest BCUT2D eigenvalue weighted by molar-refractivity contribution is -0.116. The number of benzene rings is 3. The topological polar surface area (TPSA) is 95.9 Å². The van der Waals surface area contributed by atoms with Crippen LogP contribution in [0, 0.1) is 0 Å². The maximum atomic E-state index is 13.4. The lowest BCUT2D eigenvalue weighted by atomic mass is 10.0. The molecule has 1 N–H and O–H groups in total. The first kappa shape index (κ1) is 25.5. The zero-order chi connectivity index (χ0) is 26.5. The number of carbonyl (C=O) groups excluding carboxylic acids is 2. The van der Waals surface area contributed by atoms with Crippen LogP contribution in [0.3, 0.4) is 0 Å². The molecule has 0 atom stereocenters. The Morgan fingerprint density at radius 3 is 2.19 bits per heavy atom. The summed E-state index contributed by atoms with van der Waals surface area (Å²) < 4.78 is 17.5. The van der Waals surface area contributed by atoms with Gasteiger partial charge in [-0.05, 0) is 42.3 Å². The zero-order valence-corrected chi connectivity index (χ0v) is 21.2. The summed E-state index contributed by atoms with van der Waals surface area (Å²) >= 11 is 0. The van der Waals surface area contributed by atoms with Crippen molar-refractivity contribution < 1.29 is 23.8 Å². The van der Waals surface area contributed by atoms with E-state index in [1.54, 1.807) is 60.2 Å². The number of nitrogens with one attached hydrogen (secondary N) is 1. The van der Waals surface area contributed by atoms with E-state index in [0.717, 1.165) is 12.0 Å². The molecule has 0 aliphatic carbocycles. The average Bonchev–Trinajstić information content (AvgIpc) is 2.94. The van der Waals surface area contributed by atoms with Crippen molar-refractivity contribution in [2.45, 2.75) is 19.9 Å². The van der Waals surface area contributed by atoms with Crippen LogP contribution in [0.25, 0.3) is 10.9 Å². The van der Waals surface area contributed by atoms with Crippen molar-refractivity contribution in [1.82, 2.24) is 4.57 Å². The van der Waals surface area contributed by atoms with Crippen LogP contribution in [-0.2, 0) is 17.8 Å². The highest BCUT2D eigenvalue weighted by Gasteiger charge is 2.19. The molecule has 1 heterocycles. The summed E-state index contributed by atoms with van der Waals surface area (Å²) in [7, 11) is 4.54. The van der Waals surface area contributed by atoms with Crippen LogP contribution < -0.4 is 25.0 Å². The van der Waals surface area contributed by atoms with E-state index in [4.69, 9.17) is 14.2 Å². The van der Waals surface area contributed by atoms with Gasteiger partial charge in [-0.1, -0.05) is 31.2 Å². The Bertz CT molecular complexity index is 1520. The molecule has 4 rings (SSSR count). The number of hydrogen-bond donors (Lipinski definition) is 1. The van der Waals surface area contributed by atoms with Gasteiger partial charge in [-0.25, -0.2) is 0 Å². The number of aryl methyl sites for hydroxylation is 1. The first-order valence-corrected chi connectivity index (χ1v) is 11.7. The Labute approximate surface area is 214 Å². The fourth-order valence-electron chi connectivity index (χ4n) is 4.09. The van der Waals surface area contributed by atoms with Gasteiger partial charge in [0.15, 0.2) is 5.78 Å². The van der Waals surface area contributed by atoms with Crippen LogP contribution in [0.1, 0.15) is 28.4 Å². The second kappa shape index (κ2) is 11.0. The van der Waals surface area contributed by atoms with Crippen molar-refractivity contribution in [3.63, 3.8) is 0 Å². The molecule has 190 valence electrons. The monoisotopic (exact) mass is 500 g/mol. The highest BCUT2D eigenvalue weighted by atomic mass is 16.5. The molecule has 1 amide bonds. The number of pyridine rings is 1. The maximum Gasteiger partial charge on any atom is 0.244 e. The van der Waals surface area contributed by atoms with Gasteiger partial charge in [0.25, 0.3) is 0 Å². The van der Waals surface area contributed by atoms with Crippen molar-refractivity contribution in [3.05, 3.63) is 93.8 Å². The van der Waals surface area contributed by atoms with Crippen molar-refractivity contribution in [2.24, 2.45) is 0 Å². The summed E-state index contributed by atoms with van der Waals surface area (Å²) in [6.07, 6.45) is 2.28. The number of anilines is 1. The number of carbonyl (C=O) groups is 2. The van der Waals surface area contributed by atoms with Gasteiger partial charge in [-0.2, -0.15) is 0 Å². The number of rotatable bonds is 9. The third-order valence-electron chi connectivity index (χ3n) is 6.15. The molecular weight excluding hydrogens is 472 g/mol. The summed E-state index contributed by atoms with van der Waals surface area (Å²) in [5, 5.41) is 3.11. The van der Waals surface area contributed by atoms with E-state index < -0.39 is 11.2 Å². The smallest absolute Gasteiger partial charge is 0.244 e.